The fraction of sp³-hybridized carbons (Fsp3) is 0.375. The molecule has 208 valence electrons. The number of aromatic nitrogens is 3. The Bertz CT molecular complexity index is 1540. The lowest BCUT2D eigenvalue weighted by Gasteiger charge is -2.30. The number of amides is 1. The molecule has 0 radical (unpaired) electrons. The molecular weight excluding hydrogens is 504 g/mol. The van der Waals surface area contributed by atoms with Crippen molar-refractivity contribution in [3.05, 3.63) is 93.0 Å². The third kappa shape index (κ3) is 5.29. The summed E-state index contributed by atoms with van der Waals surface area (Å²) in [5, 5.41) is 15.9. The van der Waals surface area contributed by atoms with E-state index in [0.717, 1.165) is 76.2 Å². The number of aliphatic hydroxyl groups excluding tert-OH is 1. The first-order valence-electron chi connectivity index (χ1n) is 13.8. The summed E-state index contributed by atoms with van der Waals surface area (Å²) in [4.78, 5) is 27.3. The maximum Gasteiger partial charge on any atom is 0.254 e. The number of nitrogens with zero attached hydrogens (tertiary/aromatic N) is 4. The number of carbonyl (C=O) groups is 2. The van der Waals surface area contributed by atoms with E-state index in [0.29, 0.717) is 39.3 Å². The lowest BCUT2D eigenvalue weighted by molar-refractivity contribution is -0.108. The van der Waals surface area contributed by atoms with E-state index >= 15 is 0 Å². The number of ether oxygens (including phenoxy) is 1. The van der Waals surface area contributed by atoms with Gasteiger partial charge >= 0.3 is 0 Å². The van der Waals surface area contributed by atoms with E-state index in [1.807, 2.05) is 28.6 Å². The zero-order valence-electron chi connectivity index (χ0n) is 23.4. The van der Waals surface area contributed by atoms with E-state index in [2.05, 4.69) is 53.6 Å². The molecule has 5 aliphatic rings. The second-order valence-corrected chi connectivity index (χ2v) is 10.5. The summed E-state index contributed by atoms with van der Waals surface area (Å²) in [6.45, 7) is 7.14. The monoisotopic (exact) mass is 540 g/mol. The Morgan fingerprint density at radius 3 is 2.70 bits per heavy atom. The van der Waals surface area contributed by atoms with Gasteiger partial charge < -0.3 is 19.5 Å². The molecule has 8 nitrogen and oxygen atoms in total. The fourth-order valence-corrected chi connectivity index (χ4v) is 5.96. The lowest BCUT2D eigenvalue weighted by Crippen LogP contribution is -2.36. The second-order valence-electron chi connectivity index (χ2n) is 10.5. The molecule has 0 fully saturated rings. The zero-order chi connectivity index (χ0) is 28.2. The standard InChI is InChI=1S/C31H32N4O3.CH4O/c1-20-16-22-4-7-26(20)31(37)34-13-10-23-5-6-24(17-25(23)18-34)28(11-14-36)27-8-9-29-30(21(27)2)32-33-35(29)12-3-15-38-19-22;1-2/h4-9,14,16-17,28H,3,10-13,15,18-19H2,1-2H3;2H,1H3. The molecule has 5 aliphatic heterocycles. The van der Waals surface area contributed by atoms with Crippen LogP contribution in [-0.2, 0) is 35.6 Å². The molecular formula is C32H36N4O4. The van der Waals surface area contributed by atoms with Crippen molar-refractivity contribution in [2.24, 2.45) is 0 Å². The van der Waals surface area contributed by atoms with Gasteiger partial charge in [-0.15, -0.1) is 5.10 Å². The third-order valence-electron chi connectivity index (χ3n) is 8.07. The van der Waals surface area contributed by atoms with Gasteiger partial charge in [-0.05, 0) is 77.8 Å². The maximum atomic E-state index is 13.5. The van der Waals surface area contributed by atoms with Crippen LogP contribution < -0.4 is 0 Å². The first-order valence-corrected chi connectivity index (χ1v) is 13.8. The summed E-state index contributed by atoms with van der Waals surface area (Å²) in [6, 6.07) is 16.7. The molecule has 0 aliphatic carbocycles. The Labute approximate surface area is 234 Å². The number of aryl methyl sites for hydroxylation is 3. The Kier molecular flexibility index (Phi) is 8.38. The number of rotatable bonds is 2. The Balaban J connectivity index is 0.00000158. The van der Waals surface area contributed by atoms with Gasteiger partial charge in [-0.3, -0.25) is 4.79 Å². The number of aldehydes is 1. The molecule has 3 aromatic carbocycles. The van der Waals surface area contributed by atoms with Crippen molar-refractivity contribution in [2.45, 2.75) is 58.7 Å². The van der Waals surface area contributed by atoms with Crippen LogP contribution in [0, 0.1) is 13.8 Å². The first-order chi connectivity index (χ1) is 19.5. The van der Waals surface area contributed by atoms with Gasteiger partial charge in [-0.2, -0.15) is 0 Å². The van der Waals surface area contributed by atoms with Gasteiger partial charge in [0.25, 0.3) is 5.91 Å². The highest BCUT2D eigenvalue weighted by molar-refractivity contribution is 5.95. The molecule has 1 N–H and O–H groups in total. The van der Waals surface area contributed by atoms with E-state index in [9.17, 15) is 9.59 Å². The average molecular weight is 541 g/mol. The summed E-state index contributed by atoms with van der Waals surface area (Å²) in [5.74, 6) is -0.0271. The van der Waals surface area contributed by atoms with Crippen LogP contribution in [0.5, 0.6) is 0 Å². The van der Waals surface area contributed by atoms with Crippen LogP contribution >= 0.6 is 0 Å². The molecule has 1 atom stereocenters. The van der Waals surface area contributed by atoms with E-state index in [1.165, 1.54) is 5.56 Å². The van der Waals surface area contributed by atoms with Gasteiger partial charge in [0.15, 0.2) is 0 Å². The predicted molar refractivity (Wildman–Crippen MR) is 153 cm³/mol. The van der Waals surface area contributed by atoms with E-state index in [-0.39, 0.29) is 11.8 Å². The second kappa shape index (κ2) is 12.1. The van der Waals surface area contributed by atoms with Crippen molar-refractivity contribution in [2.75, 3.05) is 20.3 Å². The van der Waals surface area contributed by atoms with Gasteiger partial charge in [0.1, 0.15) is 11.8 Å². The minimum atomic E-state index is -0.0873. The lowest BCUT2D eigenvalue weighted by atomic mass is 9.84. The van der Waals surface area contributed by atoms with Gasteiger partial charge in [0.05, 0.1) is 12.1 Å². The van der Waals surface area contributed by atoms with Crippen LogP contribution in [0.4, 0.5) is 0 Å². The highest BCUT2D eigenvalue weighted by Gasteiger charge is 2.25. The molecule has 40 heavy (non-hydrogen) atoms. The van der Waals surface area contributed by atoms with Crippen LogP contribution in [0.25, 0.3) is 11.0 Å². The van der Waals surface area contributed by atoms with Gasteiger partial charge in [0.2, 0.25) is 0 Å². The van der Waals surface area contributed by atoms with Crippen molar-refractivity contribution in [3.63, 3.8) is 0 Å². The molecule has 1 amide bonds. The van der Waals surface area contributed by atoms with Crippen molar-refractivity contribution < 1.29 is 19.4 Å². The predicted octanol–water partition coefficient (Wildman–Crippen LogP) is 4.50. The quantitative estimate of drug-likeness (QED) is 0.376. The summed E-state index contributed by atoms with van der Waals surface area (Å²) < 4.78 is 7.88. The van der Waals surface area contributed by atoms with Crippen LogP contribution in [-0.4, -0.2) is 57.5 Å². The van der Waals surface area contributed by atoms with Crippen LogP contribution in [0.3, 0.4) is 0 Å². The van der Waals surface area contributed by atoms with Crippen LogP contribution in [0.2, 0.25) is 0 Å². The van der Waals surface area contributed by atoms with E-state index in [4.69, 9.17) is 9.84 Å². The smallest absolute Gasteiger partial charge is 0.254 e. The molecule has 9 bridgehead atoms. The number of benzene rings is 3. The summed E-state index contributed by atoms with van der Waals surface area (Å²) in [7, 11) is 1.00. The van der Waals surface area contributed by atoms with E-state index in [1.54, 1.807) is 0 Å². The number of hydrogen-bond donors (Lipinski definition) is 1. The zero-order valence-corrected chi connectivity index (χ0v) is 23.4. The average Bonchev–Trinajstić information content (AvgIpc) is 3.40. The summed E-state index contributed by atoms with van der Waals surface area (Å²) >= 11 is 0. The topological polar surface area (TPSA) is 97.5 Å². The van der Waals surface area contributed by atoms with Gasteiger partial charge in [-0.25, -0.2) is 4.68 Å². The highest BCUT2D eigenvalue weighted by atomic mass is 16.5. The van der Waals surface area contributed by atoms with Crippen LogP contribution in [0.1, 0.15) is 68.1 Å². The van der Waals surface area contributed by atoms with Crippen molar-refractivity contribution in [3.8, 4) is 0 Å². The SMILES string of the molecule is CO.Cc1cc2ccc1C(=O)N1CCc3ccc(cc3C1)C(CC=O)c1ccc3c(nnn3CCCOC2)c1C. The Morgan fingerprint density at radius 2 is 1.90 bits per heavy atom. The normalized spacial score (nSPS) is 17.1. The Hall–Kier alpha value is -3.88. The van der Waals surface area contributed by atoms with Gasteiger partial charge in [0, 0.05) is 51.3 Å². The molecule has 4 aromatic rings. The minimum absolute atomic E-state index is 0.0602. The number of carbonyl (C=O) groups excluding carboxylic acids is 2. The van der Waals surface area contributed by atoms with Crippen molar-refractivity contribution >= 4 is 23.2 Å². The first kappa shape index (κ1) is 27.7. The fourth-order valence-electron chi connectivity index (χ4n) is 5.96. The number of hydrogen-bond acceptors (Lipinski definition) is 6. The molecule has 1 unspecified atom stereocenters. The summed E-state index contributed by atoms with van der Waals surface area (Å²) in [5.41, 5.74) is 10.3. The largest absolute Gasteiger partial charge is 0.400 e. The molecule has 0 saturated carbocycles. The van der Waals surface area contributed by atoms with Crippen molar-refractivity contribution in [1.82, 2.24) is 19.9 Å². The maximum absolute atomic E-state index is 13.5. The summed E-state index contributed by atoms with van der Waals surface area (Å²) in [6.07, 6.45) is 3.00. The highest BCUT2D eigenvalue weighted by Crippen LogP contribution is 2.35. The third-order valence-corrected chi connectivity index (χ3v) is 8.07. The molecule has 1 aromatic heterocycles. The van der Waals surface area contributed by atoms with Crippen LogP contribution in [0.15, 0.2) is 48.5 Å². The van der Waals surface area contributed by atoms with E-state index < -0.39 is 0 Å². The molecule has 6 heterocycles. The molecule has 0 saturated heterocycles. The Morgan fingerprint density at radius 1 is 1.05 bits per heavy atom. The van der Waals surface area contributed by atoms with Crippen molar-refractivity contribution in [1.29, 1.82) is 0 Å². The minimum Gasteiger partial charge on any atom is -0.400 e. The number of aliphatic hydroxyl groups is 1. The molecule has 8 heteroatoms. The molecule has 0 spiro atoms. The molecule has 9 rings (SSSR count). The van der Waals surface area contributed by atoms with Gasteiger partial charge in [-0.1, -0.05) is 41.6 Å².